The second-order valence-corrected chi connectivity index (χ2v) is 5.58. The first-order valence-corrected chi connectivity index (χ1v) is 7.87. The molecule has 0 aromatic heterocycles. The van der Waals surface area contributed by atoms with E-state index in [1.807, 2.05) is 45.9 Å². The van der Waals surface area contributed by atoms with E-state index in [0.29, 0.717) is 24.9 Å². The maximum Gasteiger partial charge on any atom is 0.195 e. The smallest absolute Gasteiger partial charge is 0.195 e. The van der Waals surface area contributed by atoms with Crippen molar-refractivity contribution in [3.8, 4) is 11.5 Å². The fourth-order valence-corrected chi connectivity index (χ4v) is 1.80. The van der Waals surface area contributed by atoms with E-state index in [1.54, 1.807) is 14.2 Å². The number of halogens is 1. The van der Waals surface area contributed by atoms with Crippen molar-refractivity contribution in [3.05, 3.63) is 18.2 Å². The fraction of sp³-hybridized carbons (Fsp3) is 0.588. The number of guanidine groups is 1. The molecule has 1 aromatic carbocycles. The van der Waals surface area contributed by atoms with Gasteiger partial charge in [0.15, 0.2) is 17.5 Å². The lowest BCUT2D eigenvalue weighted by Gasteiger charge is -2.21. The van der Waals surface area contributed by atoms with Crippen LogP contribution in [0.25, 0.3) is 0 Å². The van der Waals surface area contributed by atoms with E-state index in [0.717, 1.165) is 18.0 Å². The maximum atomic E-state index is 5.53. The topological polar surface area (TPSA) is 64.1 Å². The second-order valence-electron chi connectivity index (χ2n) is 5.58. The zero-order chi connectivity index (χ0) is 17.3. The molecule has 0 atom stereocenters. The minimum Gasteiger partial charge on any atom is -0.493 e. The third-order valence-corrected chi connectivity index (χ3v) is 3.24. The molecule has 6 nitrogen and oxygen atoms in total. The second kappa shape index (κ2) is 11.4. The fourth-order valence-electron chi connectivity index (χ4n) is 1.80. The van der Waals surface area contributed by atoms with Crippen LogP contribution in [0.15, 0.2) is 23.2 Å². The summed E-state index contributed by atoms with van der Waals surface area (Å²) in [4.78, 5) is 4.56. The number of nitrogens with zero attached hydrogens (tertiary/aromatic N) is 1. The van der Waals surface area contributed by atoms with Crippen molar-refractivity contribution in [2.45, 2.75) is 33.3 Å². The number of hydrogen-bond acceptors (Lipinski definition) is 4. The molecule has 1 aromatic rings. The molecule has 0 radical (unpaired) electrons. The Kier molecular flexibility index (Phi) is 10.8. The van der Waals surface area contributed by atoms with Crippen LogP contribution in [-0.2, 0) is 4.74 Å². The van der Waals surface area contributed by atoms with E-state index in [4.69, 9.17) is 14.2 Å². The van der Waals surface area contributed by atoms with Gasteiger partial charge in [-0.05, 0) is 39.8 Å². The SMILES string of the molecule is CCNC(=NCC(C)(C)OC)Nc1ccc(OCC)c(OC)c1.I. The van der Waals surface area contributed by atoms with Crippen LogP contribution < -0.4 is 20.1 Å². The van der Waals surface area contributed by atoms with Gasteiger partial charge >= 0.3 is 0 Å². The van der Waals surface area contributed by atoms with Crippen LogP contribution in [0.2, 0.25) is 0 Å². The van der Waals surface area contributed by atoms with Gasteiger partial charge in [-0.25, -0.2) is 0 Å². The molecular formula is C17H30IN3O3. The molecule has 0 aliphatic carbocycles. The summed E-state index contributed by atoms with van der Waals surface area (Å²) in [6.07, 6.45) is 0. The molecule has 0 heterocycles. The van der Waals surface area contributed by atoms with E-state index < -0.39 is 0 Å². The van der Waals surface area contributed by atoms with Crippen molar-refractivity contribution in [2.24, 2.45) is 4.99 Å². The molecule has 0 amide bonds. The van der Waals surface area contributed by atoms with Crippen molar-refractivity contribution >= 4 is 35.6 Å². The van der Waals surface area contributed by atoms with Crippen LogP contribution in [-0.4, -0.2) is 45.5 Å². The number of hydrogen-bond donors (Lipinski definition) is 2. The lowest BCUT2D eigenvalue weighted by Crippen LogP contribution is -2.34. The van der Waals surface area contributed by atoms with Gasteiger partial charge in [0, 0.05) is 25.4 Å². The van der Waals surface area contributed by atoms with Gasteiger partial charge in [-0.2, -0.15) is 0 Å². The number of methoxy groups -OCH3 is 2. The molecule has 0 aliphatic rings. The summed E-state index contributed by atoms with van der Waals surface area (Å²) in [5, 5.41) is 6.48. The van der Waals surface area contributed by atoms with E-state index in [1.165, 1.54) is 0 Å². The monoisotopic (exact) mass is 451 g/mol. The Morgan fingerprint density at radius 2 is 1.88 bits per heavy atom. The molecule has 138 valence electrons. The summed E-state index contributed by atoms with van der Waals surface area (Å²) in [5.41, 5.74) is 0.569. The van der Waals surface area contributed by atoms with Crippen molar-refractivity contribution in [3.63, 3.8) is 0 Å². The molecule has 0 spiro atoms. The molecule has 0 aliphatic heterocycles. The largest absolute Gasteiger partial charge is 0.493 e. The Balaban J connectivity index is 0.00000529. The van der Waals surface area contributed by atoms with Crippen LogP contribution in [0.3, 0.4) is 0 Å². The number of nitrogens with one attached hydrogen (secondary N) is 2. The zero-order valence-electron chi connectivity index (χ0n) is 15.4. The molecule has 0 bridgehead atoms. The molecular weight excluding hydrogens is 421 g/mol. The standard InChI is InChI=1S/C17H29N3O3.HI/c1-7-18-16(19-12-17(3,4)22-6)20-13-9-10-14(23-8-2)15(11-13)21-5;/h9-11H,7-8,12H2,1-6H3,(H2,18,19,20);1H. The molecule has 2 N–H and O–H groups in total. The van der Waals surface area contributed by atoms with E-state index >= 15 is 0 Å². The third-order valence-electron chi connectivity index (χ3n) is 3.24. The maximum absolute atomic E-state index is 5.53. The first-order chi connectivity index (χ1) is 11.0. The van der Waals surface area contributed by atoms with Crippen LogP contribution in [0.5, 0.6) is 11.5 Å². The van der Waals surface area contributed by atoms with Gasteiger partial charge in [-0.1, -0.05) is 0 Å². The summed E-state index contributed by atoms with van der Waals surface area (Å²) in [6.45, 7) is 9.89. The van der Waals surface area contributed by atoms with Gasteiger partial charge in [0.1, 0.15) is 0 Å². The van der Waals surface area contributed by atoms with Gasteiger partial charge in [0.05, 0.1) is 25.9 Å². The molecule has 0 saturated carbocycles. The molecule has 7 heteroatoms. The Morgan fingerprint density at radius 1 is 1.17 bits per heavy atom. The number of aliphatic imine (C=N–C) groups is 1. The van der Waals surface area contributed by atoms with Gasteiger partial charge in [-0.3, -0.25) is 4.99 Å². The van der Waals surface area contributed by atoms with Crippen LogP contribution in [0.1, 0.15) is 27.7 Å². The van der Waals surface area contributed by atoms with Crippen LogP contribution in [0, 0.1) is 0 Å². The van der Waals surface area contributed by atoms with Gasteiger partial charge in [0.25, 0.3) is 0 Å². The first-order valence-electron chi connectivity index (χ1n) is 7.87. The van der Waals surface area contributed by atoms with E-state index in [2.05, 4.69) is 15.6 Å². The minimum absolute atomic E-state index is 0. The quantitative estimate of drug-likeness (QED) is 0.360. The normalized spacial score (nSPS) is 11.5. The van der Waals surface area contributed by atoms with Crippen molar-refractivity contribution < 1.29 is 14.2 Å². The highest BCUT2D eigenvalue weighted by Gasteiger charge is 2.16. The Labute approximate surface area is 162 Å². The molecule has 0 unspecified atom stereocenters. The van der Waals surface area contributed by atoms with Crippen LogP contribution >= 0.6 is 24.0 Å². The lowest BCUT2D eigenvalue weighted by molar-refractivity contribution is 0.0311. The van der Waals surface area contributed by atoms with Gasteiger partial charge in [0.2, 0.25) is 0 Å². The molecule has 0 saturated heterocycles. The Hall–Kier alpha value is -1.22. The number of benzene rings is 1. The first kappa shape index (κ1) is 22.8. The number of rotatable bonds is 8. The summed E-state index contributed by atoms with van der Waals surface area (Å²) < 4.78 is 16.3. The Morgan fingerprint density at radius 3 is 2.42 bits per heavy atom. The van der Waals surface area contributed by atoms with E-state index in [9.17, 15) is 0 Å². The molecule has 0 fully saturated rings. The predicted octanol–water partition coefficient (Wildman–Crippen LogP) is 3.51. The summed E-state index contributed by atoms with van der Waals surface area (Å²) >= 11 is 0. The van der Waals surface area contributed by atoms with Crippen LogP contribution in [0.4, 0.5) is 5.69 Å². The van der Waals surface area contributed by atoms with Crippen molar-refractivity contribution in [1.29, 1.82) is 0 Å². The number of ether oxygens (including phenoxy) is 3. The summed E-state index contributed by atoms with van der Waals surface area (Å²) in [6, 6.07) is 5.70. The average molecular weight is 451 g/mol. The highest BCUT2D eigenvalue weighted by Crippen LogP contribution is 2.30. The highest BCUT2D eigenvalue weighted by molar-refractivity contribution is 14.0. The highest BCUT2D eigenvalue weighted by atomic mass is 127. The minimum atomic E-state index is -0.307. The Bertz CT molecular complexity index is 522. The summed E-state index contributed by atoms with van der Waals surface area (Å²) in [7, 11) is 3.31. The van der Waals surface area contributed by atoms with E-state index in [-0.39, 0.29) is 29.6 Å². The number of anilines is 1. The van der Waals surface area contributed by atoms with Gasteiger partial charge < -0.3 is 24.8 Å². The molecule has 1 rings (SSSR count). The average Bonchev–Trinajstić information content (AvgIpc) is 2.54. The summed E-state index contributed by atoms with van der Waals surface area (Å²) in [5.74, 6) is 2.11. The molecule has 24 heavy (non-hydrogen) atoms. The van der Waals surface area contributed by atoms with Crippen molar-refractivity contribution in [1.82, 2.24) is 5.32 Å². The lowest BCUT2D eigenvalue weighted by atomic mass is 10.1. The van der Waals surface area contributed by atoms with Gasteiger partial charge in [-0.15, -0.1) is 24.0 Å². The van der Waals surface area contributed by atoms with Crippen molar-refractivity contribution in [2.75, 3.05) is 39.2 Å². The predicted molar refractivity (Wildman–Crippen MR) is 110 cm³/mol. The third kappa shape index (κ3) is 7.57. The zero-order valence-corrected chi connectivity index (χ0v) is 17.8.